The van der Waals surface area contributed by atoms with Crippen molar-refractivity contribution in [2.45, 2.75) is 71.1 Å². The highest BCUT2D eigenvalue weighted by Gasteiger charge is 2.59. The van der Waals surface area contributed by atoms with Crippen molar-refractivity contribution in [2.24, 2.45) is 16.7 Å². The summed E-state index contributed by atoms with van der Waals surface area (Å²) in [4.78, 5) is 0. The summed E-state index contributed by atoms with van der Waals surface area (Å²) >= 11 is 9.82. The third-order valence-electron chi connectivity index (χ3n) is 7.86. The normalized spacial score (nSPS) is 32.8. The lowest BCUT2D eigenvalue weighted by molar-refractivity contribution is -0.118. The van der Waals surface area contributed by atoms with Gasteiger partial charge in [0, 0.05) is 17.1 Å². The third-order valence-corrected chi connectivity index (χ3v) is 8.68. The van der Waals surface area contributed by atoms with E-state index >= 15 is 0 Å². The van der Waals surface area contributed by atoms with Crippen molar-refractivity contribution in [3.63, 3.8) is 0 Å². The molecule has 0 amide bonds. The van der Waals surface area contributed by atoms with E-state index in [0.717, 1.165) is 34.0 Å². The Morgan fingerprint density at radius 2 is 1.78 bits per heavy atom. The van der Waals surface area contributed by atoms with Gasteiger partial charge in [0.15, 0.2) is 11.5 Å². The lowest BCUT2D eigenvalue weighted by Gasteiger charge is -2.65. The maximum Gasteiger partial charge on any atom is 0.175 e. The van der Waals surface area contributed by atoms with Gasteiger partial charge in [0.1, 0.15) is 6.61 Å². The van der Waals surface area contributed by atoms with E-state index in [1.807, 2.05) is 24.3 Å². The Balaban J connectivity index is 1.30. The summed E-state index contributed by atoms with van der Waals surface area (Å²) in [6.07, 6.45) is 8.19. The van der Waals surface area contributed by atoms with Crippen LogP contribution in [0.2, 0.25) is 5.02 Å². The van der Waals surface area contributed by atoms with Gasteiger partial charge in [0.25, 0.3) is 0 Å². The zero-order chi connectivity index (χ0) is 22.6. The van der Waals surface area contributed by atoms with E-state index in [0.29, 0.717) is 22.5 Å². The predicted molar refractivity (Wildman–Crippen MR) is 133 cm³/mol. The molecule has 4 aliphatic carbocycles. The van der Waals surface area contributed by atoms with E-state index in [4.69, 9.17) is 21.1 Å². The second kappa shape index (κ2) is 8.21. The minimum absolute atomic E-state index is 0.282. The van der Waals surface area contributed by atoms with Crippen molar-refractivity contribution in [1.82, 2.24) is 5.32 Å². The van der Waals surface area contributed by atoms with Crippen molar-refractivity contribution in [3.8, 4) is 11.5 Å². The van der Waals surface area contributed by atoms with Gasteiger partial charge in [-0.2, -0.15) is 0 Å². The number of halogens is 2. The molecule has 4 bridgehead atoms. The molecule has 0 spiro atoms. The molecule has 32 heavy (non-hydrogen) atoms. The number of rotatable bonds is 7. The van der Waals surface area contributed by atoms with Crippen molar-refractivity contribution < 1.29 is 9.47 Å². The second-order valence-electron chi connectivity index (χ2n) is 11.3. The van der Waals surface area contributed by atoms with Gasteiger partial charge in [-0.3, -0.25) is 0 Å². The Morgan fingerprint density at radius 3 is 2.44 bits per heavy atom. The summed E-state index contributed by atoms with van der Waals surface area (Å²) in [5.41, 5.74) is 3.55. The fraction of sp³-hybridized carbons (Fsp3) is 0.556. The number of hydrogen-bond acceptors (Lipinski definition) is 3. The Morgan fingerprint density at radius 1 is 1.03 bits per heavy atom. The molecule has 4 saturated carbocycles. The van der Waals surface area contributed by atoms with Crippen molar-refractivity contribution in [3.05, 3.63) is 57.0 Å². The fourth-order valence-corrected chi connectivity index (χ4v) is 8.55. The second-order valence-corrected chi connectivity index (χ2v) is 12.6. The predicted octanol–water partition coefficient (Wildman–Crippen LogP) is 7.53. The third kappa shape index (κ3) is 4.43. The van der Waals surface area contributed by atoms with Gasteiger partial charge in [-0.25, -0.2) is 0 Å². The first-order valence-corrected chi connectivity index (χ1v) is 12.8. The van der Waals surface area contributed by atoms with Crippen LogP contribution >= 0.6 is 27.5 Å². The van der Waals surface area contributed by atoms with Crippen LogP contribution < -0.4 is 14.8 Å². The molecule has 4 fully saturated rings. The van der Waals surface area contributed by atoms with E-state index < -0.39 is 0 Å². The zero-order valence-corrected chi connectivity index (χ0v) is 21.6. The van der Waals surface area contributed by atoms with Crippen LogP contribution in [0.15, 0.2) is 40.9 Å². The highest BCUT2D eigenvalue weighted by molar-refractivity contribution is 9.10. The Hall–Kier alpha value is -1.23. The highest BCUT2D eigenvalue weighted by Crippen LogP contribution is 2.66. The van der Waals surface area contributed by atoms with Crippen LogP contribution in [-0.2, 0) is 13.2 Å². The van der Waals surface area contributed by atoms with Gasteiger partial charge in [-0.1, -0.05) is 37.6 Å². The average molecular weight is 519 g/mol. The molecule has 0 heterocycles. The maximum absolute atomic E-state index is 6.11. The lowest BCUT2D eigenvalue weighted by atomic mass is 9.43. The van der Waals surface area contributed by atoms with Gasteiger partial charge in [-0.15, -0.1) is 0 Å². The largest absolute Gasteiger partial charge is 0.493 e. The van der Waals surface area contributed by atoms with Crippen molar-refractivity contribution >= 4 is 27.5 Å². The summed E-state index contributed by atoms with van der Waals surface area (Å²) in [6.45, 7) is 6.34. The van der Waals surface area contributed by atoms with Gasteiger partial charge in [0.2, 0.25) is 0 Å². The first-order chi connectivity index (χ1) is 15.2. The van der Waals surface area contributed by atoms with Gasteiger partial charge in [0.05, 0.1) is 11.6 Å². The quantitative estimate of drug-likeness (QED) is 0.411. The number of benzene rings is 2. The molecular formula is C27H33BrClNO2. The molecule has 2 aromatic rings. The maximum atomic E-state index is 6.11. The molecule has 0 aliphatic heterocycles. The minimum atomic E-state index is 0.282. The van der Waals surface area contributed by atoms with Crippen LogP contribution in [-0.4, -0.2) is 12.6 Å². The minimum Gasteiger partial charge on any atom is -0.493 e. The molecular weight excluding hydrogens is 486 g/mol. The molecule has 0 radical (unpaired) electrons. The topological polar surface area (TPSA) is 30.5 Å². The molecule has 6 rings (SSSR count). The van der Waals surface area contributed by atoms with Gasteiger partial charge >= 0.3 is 0 Å². The summed E-state index contributed by atoms with van der Waals surface area (Å²) in [7, 11) is 1.70. The number of nitrogens with one attached hydrogen (secondary N) is 1. The molecule has 5 heteroatoms. The molecule has 172 valence electrons. The fourth-order valence-electron chi connectivity index (χ4n) is 7.73. The Bertz CT molecular complexity index is 1010. The first-order valence-electron chi connectivity index (χ1n) is 11.7. The molecule has 2 aromatic carbocycles. The summed E-state index contributed by atoms with van der Waals surface area (Å²) in [5.74, 6) is 2.37. The Kier molecular flexibility index (Phi) is 5.79. The number of hydrogen-bond donors (Lipinski definition) is 1. The molecule has 0 aromatic heterocycles. The molecule has 4 atom stereocenters. The van der Waals surface area contributed by atoms with E-state index in [1.54, 1.807) is 7.11 Å². The van der Waals surface area contributed by atoms with Crippen molar-refractivity contribution in [2.75, 3.05) is 7.11 Å². The summed E-state index contributed by atoms with van der Waals surface area (Å²) in [6, 6.07) is 12.0. The highest BCUT2D eigenvalue weighted by atomic mass is 79.9. The van der Waals surface area contributed by atoms with Gasteiger partial charge in [-0.05, 0) is 107 Å². The smallest absolute Gasteiger partial charge is 0.175 e. The SMILES string of the molecule is COc1cc(CNC23CC4C[C@@](C)(C2)C[C@](C)(C4)C3)cc(Br)c1OCc1cccc(Cl)c1. The monoisotopic (exact) mass is 517 g/mol. The molecule has 2 unspecified atom stereocenters. The van der Waals surface area contributed by atoms with E-state index in [2.05, 4.69) is 47.2 Å². The van der Waals surface area contributed by atoms with Gasteiger partial charge < -0.3 is 14.8 Å². The van der Waals surface area contributed by atoms with Crippen LogP contribution in [0.25, 0.3) is 0 Å². The van der Waals surface area contributed by atoms with E-state index in [9.17, 15) is 0 Å². The number of methoxy groups -OCH3 is 1. The van der Waals surface area contributed by atoms with Crippen LogP contribution in [0, 0.1) is 16.7 Å². The lowest BCUT2D eigenvalue weighted by Crippen LogP contribution is -2.63. The molecule has 3 nitrogen and oxygen atoms in total. The van der Waals surface area contributed by atoms with Crippen LogP contribution in [0.5, 0.6) is 11.5 Å². The van der Waals surface area contributed by atoms with Crippen LogP contribution in [0.3, 0.4) is 0 Å². The summed E-state index contributed by atoms with van der Waals surface area (Å²) in [5, 5.41) is 4.74. The van der Waals surface area contributed by atoms with E-state index in [1.165, 1.54) is 44.1 Å². The molecule has 0 saturated heterocycles. The summed E-state index contributed by atoms with van der Waals surface area (Å²) < 4.78 is 12.7. The standard InChI is InChI=1S/C27H33BrClNO2/c1-25-10-20-11-26(2,15-25)17-27(12-20,16-25)30-13-19-8-22(28)24(23(9-19)31-3)32-14-18-5-4-6-21(29)7-18/h4-9,20,30H,10-17H2,1-3H3/t20?,25-,26+,27?. The number of ether oxygens (including phenoxy) is 2. The van der Waals surface area contributed by atoms with E-state index in [-0.39, 0.29) is 5.54 Å². The average Bonchev–Trinajstić information content (AvgIpc) is 2.68. The van der Waals surface area contributed by atoms with Crippen LogP contribution in [0.4, 0.5) is 0 Å². The first kappa shape index (κ1) is 22.6. The zero-order valence-electron chi connectivity index (χ0n) is 19.3. The van der Waals surface area contributed by atoms with Crippen molar-refractivity contribution in [1.29, 1.82) is 0 Å². The molecule has 4 aliphatic rings. The molecule has 1 N–H and O–H groups in total. The Labute approximate surface area is 205 Å². The van der Waals surface area contributed by atoms with Crippen LogP contribution in [0.1, 0.15) is 63.5 Å².